The van der Waals surface area contributed by atoms with Crippen molar-refractivity contribution >= 4 is 5.95 Å². The summed E-state index contributed by atoms with van der Waals surface area (Å²) in [4.78, 5) is 10.9. The molecule has 134 valence electrons. The van der Waals surface area contributed by atoms with Crippen molar-refractivity contribution in [2.75, 3.05) is 19.0 Å². The number of alkyl halides is 2. The van der Waals surface area contributed by atoms with Crippen LogP contribution >= 0.6 is 0 Å². The third kappa shape index (κ3) is 4.22. The number of fused-ring (bicyclic) bond motifs is 1. The molecule has 1 aromatic heterocycles. The van der Waals surface area contributed by atoms with Gasteiger partial charge in [-0.3, -0.25) is 0 Å². The van der Waals surface area contributed by atoms with Gasteiger partial charge in [-0.25, -0.2) is 9.97 Å². The predicted molar refractivity (Wildman–Crippen MR) is 92.0 cm³/mol. The number of nitrogens with zero attached hydrogens (tertiary/aromatic N) is 3. The molecule has 0 fully saturated rings. The van der Waals surface area contributed by atoms with Crippen LogP contribution in [0.5, 0.6) is 5.75 Å². The van der Waals surface area contributed by atoms with Crippen LogP contribution in [0.3, 0.4) is 0 Å². The number of aromatic nitrogens is 2. The minimum atomic E-state index is -2.82. The van der Waals surface area contributed by atoms with Crippen molar-refractivity contribution in [1.82, 2.24) is 15.3 Å². The molecule has 0 saturated heterocycles. The van der Waals surface area contributed by atoms with Crippen LogP contribution in [0.4, 0.5) is 14.7 Å². The zero-order valence-corrected chi connectivity index (χ0v) is 14.4. The van der Waals surface area contributed by atoms with Crippen molar-refractivity contribution in [1.29, 1.82) is 0 Å². The van der Waals surface area contributed by atoms with Gasteiger partial charge >= 0.3 is 6.61 Å². The SMILES string of the molecule is CN(C)c1ncc2c(n1)CCCC2NCc1ccccc1OC(F)F. The molecule has 3 rings (SSSR count). The Morgan fingerprint density at radius 2 is 2.12 bits per heavy atom. The van der Waals surface area contributed by atoms with Gasteiger partial charge in [-0.15, -0.1) is 0 Å². The standard InChI is InChI=1S/C18H22F2N4O/c1-24(2)18-22-11-13-14(7-5-8-15(13)23-18)21-10-12-6-3-4-9-16(12)25-17(19)20/h3-4,6,9,11,14,17,21H,5,7-8,10H2,1-2H3. The van der Waals surface area contributed by atoms with Gasteiger partial charge in [0, 0.05) is 44.0 Å². The number of hydrogen-bond donors (Lipinski definition) is 1. The summed E-state index contributed by atoms with van der Waals surface area (Å²) >= 11 is 0. The number of hydrogen-bond acceptors (Lipinski definition) is 5. The highest BCUT2D eigenvalue weighted by molar-refractivity contribution is 5.35. The maximum atomic E-state index is 12.5. The second-order valence-corrected chi connectivity index (χ2v) is 6.28. The number of anilines is 1. The Kier molecular flexibility index (Phi) is 5.43. The van der Waals surface area contributed by atoms with Gasteiger partial charge in [-0.1, -0.05) is 18.2 Å². The van der Waals surface area contributed by atoms with E-state index in [0.29, 0.717) is 18.1 Å². The normalized spacial score (nSPS) is 16.6. The number of rotatable bonds is 6. The summed E-state index contributed by atoms with van der Waals surface area (Å²) in [6.45, 7) is -2.38. The lowest BCUT2D eigenvalue weighted by atomic mass is 9.92. The number of ether oxygens (including phenoxy) is 1. The monoisotopic (exact) mass is 348 g/mol. The zero-order chi connectivity index (χ0) is 17.8. The van der Waals surface area contributed by atoms with Gasteiger partial charge in [0.2, 0.25) is 5.95 Å². The zero-order valence-electron chi connectivity index (χ0n) is 14.4. The smallest absolute Gasteiger partial charge is 0.387 e. The summed E-state index contributed by atoms with van der Waals surface area (Å²) in [5, 5.41) is 3.44. The molecular formula is C18H22F2N4O. The van der Waals surface area contributed by atoms with Crippen LogP contribution < -0.4 is 15.0 Å². The summed E-state index contributed by atoms with van der Waals surface area (Å²) in [6.07, 6.45) is 4.80. The topological polar surface area (TPSA) is 50.3 Å². The third-order valence-electron chi connectivity index (χ3n) is 4.30. The molecule has 0 spiro atoms. The van der Waals surface area contributed by atoms with Gasteiger partial charge in [0.05, 0.1) is 5.69 Å². The van der Waals surface area contributed by atoms with Crippen molar-refractivity contribution in [3.8, 4) is 5.75 Å². The predicted octanol–water partition coefficient (Wildman–Crippen LogP) is 3.31. The molecule has 1 unspecified atom stereocenters. The summed E-state index contributed by atoms with van der Waals surface area (Å²) in [5.41, 5.74) is 2.85. The molecule has 7 heteroatoms. The van der Waals surface area contributed by atoms with E-state index in [9.17, 15) is 8.78 Å². The first-order valence-corrected chi connectivity index (χ1v) is 8.34. The van der Waals surface area contributed by atoms with E-state index in [1.807, 2.05) is 31.3 Å². The second-order valence-electron chi connectivity index (χ2n) is 6.28. The lowest BCUT2D eigenvalue weighted by Crippen LogP contribution is -2.27. The first-order chi connectivity index (χ1) is 12.0. The molecule has 0 amide bonds. The minimum absolute atomic E-state index is 0.111. The molecule has 1 heterocycles. The number of nitrogens with one attached hydrogen (secondary N) is 1. The summed E-state index contributed by atoms with van der Waals surface area (Å²) in [6, 6.07) is 6.97. The molecular weight excluding hydrogens is 326 g/mol. The van der Waals surface area contributed by atoms with Crippen LogP contribution in [0.1, 0.15) is 35.7 Å². The highest BCUT2D eigenvalue weighted by Crippen LogP contribution is 2.30. The maximum Gasteiger partial charge on any atom is 0.387 e. The molecule has 25 heavy (non-hydrogen) atoms. The van der Waals surface area contributed by atoms with Crippen LogP contribution in [0.2, 0.25) is 0 Å². The van der Waals surface area contributed by atoms with E-state index in [-0.39, 0.29) is 11.8 Å². The molecule has 1 aliphatic carbocycles. The fourth-order valence-electron chi connectivity index (χ4n) is 3.06. The van der Waals surface area contributed by atoms with Gasteiger partial charge in [-0.2, -0.15) is 8.78 Å². The molecule has 0 aliphatic heterocycles. The van der Waals surface area contributed by atoms with Crippen molar-refractivity contribution in [3.63, 3.8) is 0 Å². The van der Waals surface area contributed by atoms with E-state index in [2.05, 4.69) is 20.0 Å². The third-order valence-corrected chi connectivity index (χ3v) is 4.30. The first-order valence-electron chi connectivity index (χ1n) is 8.34. The second kappa shape index (κ2) is 7.74. The van der Waals surface area contributed by atoms with E-state index >= 15 is 0 Å². The average molecular weight is 348 g/mol. The van der Waals surface area contributed by atoms with Crippen molar-refractivity contribution in [2.24, 2.45) is 0 Å². The number of para-hydroxylation sites is 1. The van der Waals surface area contributed by atoms with Gasteiger partial charge in [0.25, 0.3) is 0 Å². The van der Waals surface area contributed by atoms with Gasteiger partial charge < -0.3 is 15.0 Å². The van der Waals surface area contributed by atoms with E-state index in [0.717, 1.165) is 30.5 Å². The average Bonchev–Trinajstić information content (AvgIpc) is 2.60. The molecule has 1 N–H and O–H groups in total. The van der Waals surface area contributed by atoms with E-state index in [1.165, 1.54) is 0 Å². The number of aryl methyl sites for hydroxylation is 1. The highest BCUT2D eigenvalue weighted by atomic mass is 19.3. The fourth-order valence-corrected chi connectivity index (χ4v) is 3.06. The van der Waals surface area contributed by atoms with Gasteiger partial charge in [-0.05, 0) is 25.3 Å². The van der Waals surface area contributed by atoms with Crippen molar-refractivity contribution in [3.05, 3.63) is 47.3 Å². The van der Waals surface area contributed by atoms with E-state index in [1.54, 1.807) is 18.2 Å². The van der Waals surface area contributed by atoms with Crippen molar-refractivity contribution in [2.45, 2.75) is 38.5 Å². The van der Waals surface area contributed by atoms with Crippen LogP contribution in [-0.2, 0) is 13.0 Å². The van der Waals surface area contributed by atoms with Gasteiger partial charge in [0.1, 0.15) is 5.75 Å². The lowest BCUT2D eigenvalue weighted by Gasteiger charge is -2.26. The van der Waals surface area contributed by atoms with E-state index in [4.69, 9.17) is 0 Å². The lowest BCUT2D eigenvalue weighted by molar-refractivity contribution is -0.0505. The van der Waals surface area contributed by atoms with Crippen LogP contribution in [0.25, 0.3) is 0 Å². The summed E-state index contributed by atoms with van der Waals surface area (Å²) in [5.74, 6) is 0.912. The molecule has 1 aromatic carbocycles. The number of halogens is 2. The van der Waals surface area contributed by atoms with Crippen molar-refractivity contribution < 1.29 is 13.5 Å². The Bertz CT molecular complexity index is 724. The largest absolute Gasteiger partial charge is 0.434 e. The Morgan fingerprint density at radius 1 is 1.32 bits per heavy atom. The van der Waals surface area contributed by atoms with Crippen LogP contribution in [0.15, 0.2) is 30.5 Å². The highest BCUT2D eigenvalue weighted by Gasteiger charge is 2.22. The Morgan fingerprint density at radius 3 is 2.88 bits per heavy atom. The Labute approximate surface area is 146 Å². The molecule has 0 bridgehead atoms. The molecule has 1 aliphatic rings. The molecule has 2 aromatic rings. The first kappa shape index (κ1) is 17.5. The molecule has 5 nitrogen and oxygen atoms in total. The Hall–Kier alpha value is -2.28. The van der Waals surface area contributed by atoms with Gasteiger partial charge in [0.15, 0.2) is 0 Å². The van der Waals surface area contributed by atoms with Crippen LogP contribution in [0, 0.1) is 0 Å². The fraction of sp³-hybridized carbons (Fsp3) is 0.444. The maximum absolute atomic E-state index is 12.5. The van der Waals surface area contributed by atoms with E-state index < -0.39 is 6.61 Å². The molecule has 0 radical (unpaired) electrons. The number of benzene rings is 1. The molecule has 1 atom stereocenters. The Balaban J connectivity index is 1.74. The quantitative estimate of drug-likeness (QED) is 0.868. The minimum Gasteiger partial charge on any atom is -0.434 e. The summed E-state index contributed by atoms with van der Waals surface area (Å²) < 4.78 is 29.7. The summed E-state index contributed by atoms with van der Waals surface area (Å²) in [7, 11) is 3.83. The van der Waals surface area contributed by atoms with Crippen LogP contribution in [-0.4, -0.2) is 30.7 Å². The molecule has 0 saturated carbocycles.